The Labute approximate surface area is 90.1 Å². The van der Waals surface area contributed by atoms with Gasteiger partial charge in [0.25, 0.3) is 0 Å². The lowest BCUT2D eigenvalue weighted by molar-refractivity contribution is -0.0257. The first-order valence-electron chi connectivity index (χ1n) is 4.48. The summed E-state index contributed by atoms with van der Waals surface area (Å²) in [4.78, 5) is 11.2. The first-order chi connectivity index (χ1) is 6.68. The van der Waals surface area contributed by atoms with Crippen LogP contribution in [0.2, 0.25) is 0 Å². The molecule has 0 aromatic rings. The summed E-state index contributed by atoms with van der Waals surface area (Å²) in [5.41, 5.74) is -0.626. The molecule has 2 N–H and O–H groups in total. The zero-order valence-corrected chi connectivity index (χ0v) is 9.74. The summed E-state index contributed by atoms with van der Waals surface area (Å²) in [7, 11) is -3.02. The molecule has 1 saturated heterocycles. The molecule has 1 rings (SSSR count). The normalized spacial score (nSPS) is 27.1. The van der Waals surface area contributed by atoms with Gasteiger partial charge in [-0.15, -0.1) is 0 Å². The van der Waals surface area contributed by atoms with Crippen molar-refractivity contribution >= 4 is 17.0 Å². The highest BCUT2D eigenvalue weighted by molar-refractivity contribution is 8.20. The number of hydrogen-bond acceptors (Lipinski definition) is 6. The Morgan fingerprint density at radius 3 is 2.47 bits per heavy atom. The van der Waals surface area contributed by atoms with Gasteiger partial charge in [-0.2, -0.15) is 0 Å². The van der Waals surface area contributed by atoms with Gasteiger partial charge in [0, 0.05) is 0 Å². The fraction of sp³-hybridized carbons (Fsp3) is 0.875. The first kappa shape index (κ1) is 12.6. The van der Waals surface area contributed by atoms with E-state index in [9.17, 15) is 4.79 Å². The molecule has 0 aliphatic carbocycles. The van der Waals surface area contributed by atoms with Gasteiger partial charge in [0.2, 0.25) is 0 Å². The third kappa shape index (κ3) is 4.70. The zero-order chi connectivity index (χ0) is 11.7. The molecule has 0 radical (unpaired) electrons. The molecule has 1 aliphatic heterocycles. The first-order valence-corrected chi connectivity index (χ1v) is 6.12. The van der Waals surface area contributed by atoms with Crippen LogP contribution in [0.15, 0.2) is 0 Å². The van der Waals surface area contributed by atoms with Gasteiger partial charge >= 0.3 is 6.16 Å². The van der Waals surface area contributed by atoms with Crippen LogP contribution in [0, 0.1) is 0 Å². The van der Waals surface area contributed by atoms with Gasteiger partial charge < -0.3 is 18.6 Å². The molecular formula is C8H16O6S. The molecule has 6 nitrogen and oxygen atoms in total. The van der Waals surface area contributed by atoms with Crippen LogP contribution >= 0.6 is 10.9 Å². The molecule has 0 spiro atoms. The van der Waals surface area contributed by atoms with Gasteiger partial charge in [-0.25, -0.2) is 4.79 Å². The average Bonchev–Trinajstić information content (AvgIpc) is 2.25. The van der Waals surface area contributed by atoms with Crippen LogP contribution in [0.1, 0.15) is 20.8 Å². The van der Waals surface area contributed by atoms with Crippen LogP contribution < -0.4 is 0 Å². The van der Waals surface area contributed by atoms with Crippen LogP contribution in [-0.4, -0.2) is 39.3 Å². The van der Waals surface area contributed by atoms with Crippen molar-refractivity contribution in [3.63, 3.8) is 0 Å². The topological polar surface area (TPSA) is 85.2 Å². The summed E-state index contributed by atoms with van der Waals surface area (Å²) in [6.45, 7) is 5.13. The monoisotopic (exact) mass is 240 g/mol. The van der Waals surface area contributed by atoms with Crippen molar-refractivity contribution in [2.75, 3.05) is 12.4 Å². The Hall–Kier alpha value is -0.500. The number of carbonyl (C=O) groups is 1. The standard InChI is InChI=1S/C8H16O6S/c1-8(2,3)14-7(9)13-6-4-12-15(10,11)5-6/h6,10-11H,4-5H2,1-3H3. The molecule has 1 atom stereocenters. The number of rotatable bonds is 1. The van der Waals surface area contributed by atoms with E-state index >= 15 is 0 Å². The third-order valence-corrected chi connectivity index (χ3v) is 2.82. The second-order valence-corrected chi connectivity index (χ2v) is 6.04. The molecule has 90 valence electrons. The predicted octanol–water partition coefficient (Wildman–Crippen LogP) is 2.00. The van der Waals surface area contributed by atoms with Gasteiger partial charge in [0.15, 0.2) is 0 Å². The van der Waals surface area contributed by atoms with E-state index in [1.807, 2.05) is 0 Å². The largest absolute Gasteiger partial charge is 0.509 e. The highest BCUT2D eigenvalue weighted by Gasteiger charge is 2.36. The van der Waals surface area contributed by atoms with E-state index in [4.69, 9.17) is 18.6 Å². The smallest absolute Gasteiger partial charge is 0.429 e. The Morgan fingerprint density at radius 1 is 1.47 bits per heavy atom. The maximum absolute atomic E-state index is 11.2. The number of carbonyl (C=O) groups excluding carboxylic acids is 1. The molecule has 1 heterocycles. The quantitative estimate of drug-likeness (QED) is 0.682. The SMILES string of the molecule is CC(C)(C)OC(=O)OC1COS(O)(O)C1. The van der Waals surface area contributed by atoms with Crippen LogP contribution in [0.25, 0.3) is 0 Å². The lowest BCUT2D eigenvalue weighted by Crippen LogP contribution is -2.29. The van der Waals surface area contributed by atoms with E-state index in [-0.39, 0.29) is 12.4 Å². The predicted molar refractivity (Wildman–Crippen MR) is 54.8 cm³/mol. The summed E-state index contributed by atoms with van der Waals surface area (Å²) in [5.74, 6) is -0.0910. The summed E-state index contributed by atoms with van der Waals surface area (Å²) in [6.07, 6.45) is -1.47. The highest BCUT2D eigenvalue weighted by atomic mass is 32.3. The average molecular weight is 240 g/mol. The number of hydrogen-bond donors (Lipinski definition) is 2. The van der Waals surface area contributed by atoms with Crippen molar-refractivity contribution in [2.24, 2.45) is 0 Å². The fourth-order valence-corrected chi connectivity index (χ4v) is 2.12. The molecule has 0 amide bonds. The second kappa shape index (κ2) is 4.17. The van der Waals surface area contributed by atoms with Crippen molar-refractivity contribution in [1.29, 1.82) is 0 Å². The maximum atomic E-state index is 11.2. The molecule has 0 saturated carbocycles. The van der Waals surface area contributed by atoms with Crippen LogP contribution in [0.5, 0.6) is 0 Å². The molecule has 0 aromatic carbocycles. The van der Waals surface area contributed by atoms with Crippen molar-refractivity contribution in [3.8, 4) is 0 Å². The van der Waals surface area contributed by atoms with Gasteiger partial charge in [0.05, 0.1) is 16.6 Å². The van der Waals surface area contributed by atoms with Crippen molar-refractivity contribution in [3.05, 3.63) is 0 Å². The molecule has 7 heteroatoms. The summed E-state index contributed by atoms with van der Waals surface area (Å²) < 4.78 is 32.6. The van der Waals surface area contributed by atoms with Crippen LogP contribution in [-0.2, 0) is 13.7 Å². The second-order valence-electron chi connectivity index (χ2n) is 4.26. The van der Waals surface area contributed by atoms with E-state index in [1.165, 1.54) is 0 Å². The fourth-order valence-electron chi connectivity index (χ4n) is 1.00. The van der Waals surface area contributed by atoms with E-state index in [0.29, 0.717) is 0 Å². The van der Waals surface area contributed by atoms with E-state index < -0.39 is 28.7 Å². The third-order valence-electron chi connectivity index (χ3n) is 1.50. The molecule has 0 bridgehead atoms. The minimum Gasteiger partial charge on any atom is -0.429 e. The van der Waals surface area contributed by atoms with Gasteiger partial charge in [-0.3, -0.25) is 4.18 Å². The maximum Gasteiger partial charge on any atom is 0.509 e. The van der Waals surface area contributed by atoms with Crippen LogP contribution in [0.3, 0.4) is 0 Å². The Kier molecular flexibility index (Phi) is 3.49. The van der Waals surface area contributed by atoms with Gasteiger partial charge in [-0.1, -0.05) is 0 Å². The highest BCUT2D eigenvalue weighted by Crippen LogP contribution is 2.46. The lowest BCUT2D eigenvalue weighted by atomic mass is 10.2. The Balaban J connectivity index is 2.34. The molecular weight excluding hydrogens is 224 g/mol. The number of ether oxygens (including phenoxy) is 2. The van der Waals surface area contributed by atoms with E-state index in [2.05, 4.69) is 4.18 Å². The molecule has 15 heavy (non-hydrogen) atoms. The molecule has 1 aliphatic rings. The zero-order valence-electron chi connectivity index (χ0n) is 8.93. The van der Waals surface area contributed by atoms with Gasteiger partial charge in [0.1, 0.15) is 18.3 Å². The summed E-state index contributed by atoms with van der Waals surface area (Å²) >= 11 is 0. The van der Waals surface area contributed by atoms with E-state index in [1.54, 1.807) is 20.8 Å². The van der Waals surface area contributed by atoms with Crippen molar-refractivity contribution < 1.29 is 27.6 Å². The molecule has 1 unspecified atom stereocenters. The Morgan fingerprint density at radius 2 is 2.07 bits per heavy atom. The summed E-state index contributed by atoms with van der Waals surface area (Å²) in [6, 6.07) is 0. The molecule has 1 fully saturated rings. The van der Waals surface area contributed by atoms with Crippen LogP contribution in [0.4, 0.5) is 4.79 Å². The lowest BCUT2D eigenvalue weighted by Gasteiger charge is -2.20. The summed E-state index contributed by atoms with van der Waals surface area (Å²) in [5, 5.41) is 0. The molecule has 0 aromatic heterocycles. The minimum absolute atomic E-state index is 0.0123. The minimum atomic E-state index is -3.02. The Bertz CT molecular complexity index is 246. The van der Waals surface area contributed by atoms with Gasteiger partial charge in [-0.05, 0) is 20.8 Å². The van der Waals surface area contributed by atoms with E-state index in [0.717, 1.165) is 0 Å². The van der Waals surface area contributed by atoms with Crippen molar-refractivity contribution in [1.82, 2.24) is 0 Å². The van der Waals surface area contributed by atoms with Crippen molar-refractivity contribution in [2.45, 2.75) is 32.5 Å².